The summed E-state index contributed by atoms with van der Waals surface area (Å²) >= 11 is 7.84. The maximum atomic E-state index is 12.9. The Hall–Kier alpha value is -1.52. The second-order valence-electron chi connectivity index (χ2n) is 5.16. The van der Waals surface area contributed by atoms with Crippen molar-refractivity contribution < 1.29 is 4.79 Å². The van der Waals surface area contributed by atoms with Gasteiger partial charge in [0.15, 0.2) is 0 Å². The lowest BCUT2D eigenvalue weighted by atomic mass is 10.00. The van der Waals surface area contributed by atoms with Crippen LogP contribution in [0.1, 0.15) is 33.8 Å². The van der Waals surface area contributed by atoms with Crippen LogP contribution in [0.5, 0.6) is 0 Å². The number of anilines is 1. The molecule has 0 fully saturated rings. The van der Waals surface area contributed by atoms with Gasteiger partial charge in [0.2, 0.25) is 0 Å². The van der Waals surface area contributed by atoms with Crippen LogP contribution in [0.3, 0.4) is 0 Å². The van der Waals surface area contributed by atoms with Gasteiger partial charge in [0.25, 0.3) is 5.91 Å². The van der Waals surface area contributed by atoms with E-state index in [0.717, 1.165) is 18.7 Å². The smallest absolute Gasteiger partial charge is 0.256 e. The standard InChI is InChI=1S/C16H17ClN2OS/c1-10-12-6-8-21-15(12)5-7-19(10)16(20)13-9-11(17)3-4-14(13)18-2/h3-4,6,8-10,18H,5,7H2,1-2H3. The van der Waals surface area contributed by atoms with E-state index in [4.69, 9.17) is 11.6 Å². The first-order valence-electron chi connectivity index (χ1n) is 6.96. The summed E-state index contributed by atoms with van der Waals surface area (Å²) in [5, 5.41) is 5.75. The van der Waals surface area contributed by atoms with Gasteiger partial charge in [0.05, 0.1) is 11.6 Å². The molecular weight excluding hydrogens is 304 g/mol. The fourth-order valence-corrected chi connectivity index (χ4v) is 3.99. The first-order chi connectivity index (χ1) is 10.1. The van der Waals surface area contributed by atoms with Gasteiger partial charge in [0.1, 0.15) is 0 Å². The lowest BCUT2D eigenvalue weighted by molar-refractivity contribution is 0.0680. The largest absolute Gasteiger partial charge is 0.387 e. The molecule has 1 aliphatic rings. The van der Waals surface area contributed by atoms with Crippen LogP contribution in [0.15, 0.2) is 29.6 Å². The molecule has 5 heteroatoms. The van der Waals surface area contributed by atoms with Gasteiger partial charge in [-0.25, -0.2) is 0 Å². The fraction of sp³-hybridized carbons (Fsp3) is 0.312. The number of amides is 1. The molecule has 0 bridgehead atoms. The van der Waals surface area contributed by atoms with Crippen molar-refractivity contribution in [2.24, 2.45) is 0 Å². The zero-order chi connectivity index (χ0) is 15.0. The second kappa shape index (κ2) is 5.70. The van der Waals surface area contributed by atoms with Crippen LogP contribution in [0.25, 0.3) is 0 Å². The monoisotopic (exact) mass is 320 g/mol. The third kappa shape index (κ3) is 2.54. The van der Waals surface area contributed by atoms with E-state index in [1.54, 1.807) is 23.5 Å². The van der Waals surface area contributed by atoms with Crippen LogP contribution in [-0.2, 0) is 6.42 Å². The highest BCUT2D eigenvalue weighted by molar-refractivity contribution is 7.10. The normalized spacial score (nSPS) is 17.5. The number of nitrogens with zero attached hydrogens (tertiary/aromatic N) is 1. The predicted octanol–water partition coefficient (Wildman–Crippen LogP) is 4.20. The number of rotatable bonds is 2. The fourth-order valence-electron chi connectivity index (χ4n) is 2.85. The van der Waals surface area contributed by atoms with Crippen molar-refractivity contribution in [1.82, 2.24) is 4.90 Å². The van der Waals surface area contributed by atoms with Crippen LogP contribution in [0.2, 0.25) is 5.02 Å². The Morgan fingerprint density at radius 2 is 2.24 bits per heavy atom. The average molecular weight is 321 g/mol. The molecule has 3 nitrogen and oxygen atoms in total. The Balaban J connectivity index is 1.95. The zero-order valence-electron chi connectivity index (χ0n) is 12.0. The number of halogens is 1. The number of fused-ring (bicyclic) bond motifs is 1. The third-order valence-corrected chi connectivity index (χ3v) is 5.25. The molecular formula is C16H17ClN2OS. The Labute approximate surface area is 133 Å². The first-order valence-corrected chi connectivity index (χ1v) is 8.22. The minimum Gasteiger partial charge on any atom is -0.387 e. The summed E-state index contributed by atoms with van der Waals surface area (Å²) in [6.45, 7) is 2.84. The van der Waals surface area contributed by atoms with Gasteiger partial charge in [-0.1, -0.05) is 11.6 Å². The zero-order valence-corrected chi connectivity index (χ0v) is 13.6. The molecule has 110 valence electrons. The first kappa shape index (κ1) is 14.4. The second-order valence-corrected chi connectivity index (χ2v) is 6.60. The lowest BCUT2D eigenvalue weighted by Crippen LogP contribution is -2.38. The summed E-state index contributed by atoms with van der Waals surface area (Å²) in [5.41, 5.74) is 2.72. The minimum atomic E-state index is 0.0335. The molecule has 2 aromatic rings. The van der Waals surface area contributed by atoms with E-state index in [-0.39, 0.29) is 11.9 Å². The summed E-state index contributed by atoms with van der Waals surface area (Å²) in [5.74, 6) is 0.0335. The lowest BCUT2D eigenvalue weighted by Gasteiger charge is -2.34. The Morgan fingerprint density at radius 3 is 3.00 bits per heavy atom. The van der Waals surface area contributed by atoms with Crippen molar-refractivity contribution >= 4 is 34.5 Å². The Morgan fingerprint density at radius 1 is 1.43 bits per heavy atom. The molecule has 0 radical (unpaired) electrons. The molecule has 1 N–H and O–H groups in total. The van der Waals surface area contributed by atoms with Crippen molar-refractivity contribution in [1.29, 1.82) is 0 Å². The van der Waals surface area contributed by atoms with Gasteiger partial charge in [0, 0.05) is 29.2 Å². The quantitative estimate of drug-likeness (QED) is 0.899. The molecule has 0 spiro atoms. The number of hydrogen-bond donors (Lipinski definition) is 1. The van der Waals surface area contributed by atoms with E-state index in [2.05, 4.69) is 23.7 Å². The van der Waals surface area contributed by atoms with Gasteiger partial charge in [-0.2, -0.15) is 0 Å². The molecule has 1 unspecified atom stereocenters. The summed E-state index contributed by atoms with van der Waals surface area (Å²) in [6.07, 6.45) is 0.929. The highest BCUT2D eigenvalue weighted by Crippen LogP contribution is 2.34. The number of carbonyl (C=O) groups excluding carboxylic acids is 1. The number of nitrogens with one attached hydrogen (secondary N) is 1. The van der Waals surface area contributed by atoms with Gasteiger partial charge in [-0.05, 0) is 48.6 Å². The molecule has 3 rings (SSSR count). The molecule has 2 heterocycles. The summed E-state index contributed by atoms with van der Waals surface area (Å²) in [7, 11) is 1.82. The van der Waals surface area contributed by atoms with Gasteiger partial charge >= 0.3 is 0 Å². The predicted molar refractivity (Wildman–Crippen MR) is 88.5 cm³/mol. The number of carbonyl (C=O) groups is 1. The number of hydrogen-bond acceptors (Lipinski definition) is 3. The topological polar surface area (TPSA) is 32.3 Å². The summed E-state index contributed by atoms with van der Waals surface area (Å²) < 4.78 is 0. The van der Waals surface area contributed by atoms with Crippen molar-refractivity contribution in [3.05, 3.63) is 50.7 Å². The molecule has 1 aromatic heterocycles. The number of benzene rings is 1. The highest BCUT2D eigenvalue weighted by atomic mass is 35.5. The van der Waals surface area contributed by atoms with Crippen LogP contribution >= 0.6 is 22.9 Å². The van der Waals surface area contributed by atoms with Crippen molar-refractivity contribution in [3.8, 4) is 0 Å². The van der Waals surface area contributed by atoms with Gasteiger partial charge < -0.3 is 10.2 Å². The summed E-state index contributed by atoms with van der Waals surface area (Å²) in [4.78, 5) is 16.2. The van der Waals surface area contributed by atoms with E-state index in [9.17, 15) is 4.79 Å². The Kier molecular flexibility index (Phi) is 3.91. The van der Waals surface area contributed by atoms with Gasteiger partial charge in [-0.3, -0.25) is 4.79 Å². The van der Waals surface area contributed by atoms with E-state index >= 15 is 0 Å². The van der Waals surface area contributed by atoms with Crippen molar-refractivity contribution in [2.45, 2.75) is 19.4 Å². The molecule has 1 amide bonds. The van der Waals surface area contributed by atoms with Crippen LogP contribution in [-0.4, -0.2) is 24.4 Å². The molecule has 1 aromatic carbocycles. The minimum absolute atomic E-state index is 0.0335. The third-order valence-electron chi connectivity index (χ3n) is 4.02. The van der Waals surface area contributed by atoms with Crippen molar-refractivity contribution in [2.75, 3.05) is 18.9 Å². The molecule has 1 atom stereocenters. The molecule has 1 aliphatic heterocycles. The average Bonchev–Trinajstić information content (AvgIpc) is 2.96. The molecule has 0 aliphatic carbocycles. The molecule has 0 saturated carbocycles. The summed E-state index contributed by atoms with van der Waals surface area (Å²) in [6, 6.07) is 7.62. The van der Waals surface area contributed by atoms with Gasteiger partial charge in [-0.15, -0.1) is 11.3 Å². The SMILES string of the molecule is CNc1ccc(Cl)cc1C(=O)N1CCc2sccc2C1C. The van der Waals surface area contributed by atoms with Crippen LogP contribution in [0.4, 0.5) is 5.69 Å². The van der Waals surface area contributed by atoms with E-state index in [1.807, 2.05) is 18.0 Å². The van der Waals surface area contributed by atoms with Crippen molar-refractivity contribution in [3.63, 3.8) is 0 Å². The van der Waals surface area contributed by atoms with E-state index < -0.39 is 0 Å². The van der Waals surface area contributed by atoms with Crippen LogP contribution < -0.4 is 5.32 Å². The van der Waals surface area contributed by atoms with E-state index in [1.165, 1.54) is 10.4 Å². The molecule has 21 heavy (non-hydrogen) atoms. The Bertz CT molecular complexity index is 683. The highest BCUT2D eigenvalue weighted by Gasteiger charge is 2.30. The maximum Gasteiger partial charge on any atom is 0.256 e. The van der Waals surface area contributed by atoms with Crippen LogP contribution in [0, 0.1) is 0 Å². The molecule has 0 saturated heterocycles. The number of thiophene rings is 1. The van der Waals surface area contributed by atoms with E-state index in [0.29, 0.717) is 10.6 Å². The maximum absolute atomic E-state index is 12.9.